The van der Waals surface area contributed by atoms with Crippen molar-refractivity contribution in [3.05, 3.63) is 57.9 Å². The second-order valence-corrected chi connectivity index (χ2v) is 11.2. The number of amides is 1. The van der Waals surface area contributed by atoms with E-state index in [-0.39, 0.29) is 72.6 Å². The second-order valence-electron chi connectivity index (χ2n) is 11.2. The molecule has 3 aromatic rings. The second kappa shape index (κ2) is 9.86. The van der Waals surface area contributed by atoms with Crippen molar-refractivity contribution in [1.29, 1.82) is 0 Å². The number of benzene rings is 2. The van der Waals surface area contributed by atoms with Crippen molar-refractivity contribution in [2.75, 3.05) is 42.7 Å². The summed E-state index contributed by atoms with van der Waals surface area (Å²) in [6.45, 7) is 0.590. The van der Waals surface area contributed by atoms with Crippen LogP contribution in [0, 0.1) is 17.6 Å². The van der Waals surface area contributed by atoms with Gasteiger partial charge in [-0.2, -0.15) is 0 Å². The highest BCUT2D eigenvalue weighted by atomic mass is 19.1. The number of aliphatic hydroxyl groups excluding tert-OH is 1. The van der Waals surface area contributed by atoms with Crippen LogP contribution in [0.5, 0.6) is 11.5 Å². The Labute approximate surface area is 237 Å². The first kappa shape index (κ1) is 26.5. The van der Waals surface area contributed by atoms with Crippen LogP contribution >= 0.6 is 0 Å². The number of hydrogen-bond acceptors (Lipinski definition) is 8. The van der Waals surface area contributed by atoms with Crippen molar-refractivity contribution in [2.24, 2.45) is 5.92 Å². The molecule has 2 N–H and O–H groups in total. The van der Waals surface area contributed by atoms with Crippen molar-refractivity contribution < 1.29 is 42.8 Å². The molecule has 3 aliphatic heterocycles. The molecule has 4 heterocycles. The van der Waals surface area contributed by atoms with E-state index in [1.54, 1.807) is 4.57 Å². The van der Waals surface area contributed by atoms with E-state index in [9.17, 15) is 29.0 Å². The lowest BCUT2D eigenvalue weighted by molar-refractivity contribution is 0.0694. The van der Waals surface area contributed by atoms with Gasteiger partial charge in [-0.15, -0.1) is 0 Å². The molecule has 7 rings (SSSR count). The van der Waals surface area contributed by atoms with E-state index in [1.165, 1.54) is 29.3 Å². The van der Waals surface area contributed by atoms with Gasteiger partial charge >= 0.3 is 12.1 Å². The van der Waals surface area contributed by atoms with Crippen molar-refractivity contribution in [3.63, 3.8) is 0 Å². The number of ether oxygens (including phenoxy) is 3. The molecular weight excluding hydrogens is 556 g/mol. The van der Waals surface area contributed by atoms with Crippen molar-refractivity contribution in [1.82, 2.24) is 4.57 Å². The highest BCUT2D eigenvalue weighted by Gasteiger charge is 2.41. The molecular formula is C29H27F2N3O8. The van der Waals surface area contributed by atoms with E-state index in [0.717, 1.165) is 18.9 Å². The first-order chi connectivity index (χ1) is 20.2. The molecule has 2 aromatic carbocycles. The monoisotopic (exact) mass is 583 g/mol. The highest BCUT2D eigenvalue weighted by Crippen LogP contribution is 2.48. The van der Waals surface area contributed by atoms with E-state index in [2.05, 4.69) is 0 Å². The number of anilines is 2. The van der Waals surface area contributed by atoms with Crippen LogP contribution in [0.25, 0.3) is 10.9 Å². The molecule has 0 radical (unpaired) electrons. The first-order valence-corrected chi connectivity index (χ1v) is 13.8. The number of halogens is 2. The van der Waals surface area contributed by atoms with Crippen LogP contribution in [0.15, 0.2) is 35.3 Å². The van der Waals surface area contributed by atoms with Gasteiger partial charge in [-0.1, -0.05) is 0 Å². The van der Waals surface area contributed by atoms with Crippen LogP contribution in [0.3, 0.4) is 0 Å². The molecule has 11 nitrogen and oxygen atoms in total. The number of carboxylic acids is 1. The number of aliphatic hydroxyl groups is 1. The molecule has 0 unspecified atom stereocenters. The lowest BCUT2D eigenvalue weighted by Gasteiger charge is -2.34. The Bertz CT molecular complexity index is 1690. The van der Waals surface area contributed by atoms with E-state index in [0.29, 0.717) is 18.5 Å². The predicted molar refractivity (Wildman–Crippen MR) is 145 cm³/mol. The lowest BCUT2D eigenvalue weighted by atomic mass is 10.1. The fourth-order valence-electron chi connectivity index (χ4n) is 6.20. The van der Waals surface area contributed by atoms with Gasteiger partial charge in [0.1, 0.15) is 24.0 Å². The first-order valence-electron chi connectivity index (χ1n) is 13.8. The summed E-state index contributed by atoms with van der Waals surface area (Å²) >= 11 is 0. The predicted octanol–water partition coefficient (Wildman–Crippen LogP) is 3.30. The van der Waals surface area contributed by atoms with Crippen LogP contribution < -0.4 is 24.7 Å². The van der Waals surface area contributed by atoms with Gasteiger partial charge < -0.3 is 33.9 Å². The van der Waals surface area contributed by atoms with Gasteiger partial charge in [0.25, 0.3) is 0 Å². The number of carbonyl (C=O) groups excluding carboxylic acids is 1. The quantitative estimate of drug-likeness (QED) is 0.430. The normalized spacial score (nSPS) is 23.0. The molecule has 42 heavy (non-hydrogen) atoms. The van der Waals surface area contributed by atoms with Crippen LogP contribution in [0.1, 0.15) is 35.7 Å². The molecule has 1 aliphatic carbocycles. The summed E-state index contributed by atoms with van der Waals surface area (Å²) in [7, 11) is 0. The van der Waals surface area contributed by atoms with Gasteiger partial charge in [0.2, 0.25) is 5.43 Å². The van der Waals surface area contributed by atoms with Gasteiger partial charge in [-0.05, 0) is 37.5 Å². The summed E-state index contributed by atoms with van der Waals surface area (Å²) in [5, 5.41) is 18.7. The molecule has 1 amide bonds. The summed E-state index contributed by atoms with van der Waals surface area (Å²) in [5.41, 5.74) is -0.243. The summed E-state index contributed by atoms with van der Waals surface area (Å²) in [4.78, 5) is 39.8. The van der Waals surface area contributed by atoms with E-state index >= 15 is 4.39 Å². The molecule has 13 heteroatoms. The molecule has 2 saturated heterocycles. The Balaban J connectivity index is 1.12. The number of fused-ring (bicyclic) bond motifs is 5. The minimum atomic E-state index is -1.36. The Morgan fingerprint density at radius 1 is 1.10 bits per heavy atom. The summed E-state index contributed by atoms with van der Waals surface area (Å²) < 4.78 is 49.1. The number of hydrogen-bond donors (Lipinski definition) is 2. The third-order valence-corrected chi connectivity index (χ3v) is 8.36. The average molecular weight is 584 g/mol. The van der Waals surface area contributed by atoms with Gasteiger partial charge in [-0.25, -0.2) is 18.4 Å². The van der Waals surface area contributed by atoms with Crippen molar-refractivity contribution >= 4 is 34.3 Å². The zero-order chi connectivity index (χ0) is 29.3. The molecule has 3 atom stereocenters. The smallest absolute Gasteiger partial charge is 0.414 e. The topological polar surface area (TPSA) is 131 Å². The van der Waals surface area contributed by atoms with E-state index in [4.69, 9.17) is 14.2 Å². The summed E-state index contributed by atoms with van der Waals surface area (Å²) in [5.74, 6) is -2.54. The third kappa shape index (κ3) is 4.30. The molecule has 0 bridgehead atoms. The largest absolute Gasteiger partial charge is 0.490 e. The maximum Gasteiger partial charge on any atom is 0.414 e. The number of aromatic nitrogens is 1. The Morgan fingerprint density at radius 3 is 2.60 bits per heavy atom. The minimum absolute atomic E-state index is 0.00593. The number of nitrogens with zero attached hydrogens (tertiary/aromatic N) is 3. The molecule has 3 fully saturated rings. The molecule has 0 spiro atoms. The van der Waals surface area contributed by atoms with Gasteiger partial charge in [0.15, 0.2) is 23.1 Å². The molecule has 220 valence electrons. The standard InChI is InChI=1S/C29H27F2N3O8/c30-21-6-16(34-9-18(11-35)42-29(34)39)3-4-23(21)40-12-14-5-17-13-41-27-24-19(7-22(31)25(27)32(17)8-14)26(36)20(28(37)38)10-33(24)15-1-2-15/h3-4,6-7,10,14-15,17-18,35H,1-2,5,8-9,11-13H2,(H,37,38)/t14-,17-,18+/m0/s1. The molecule has 1 aromatic heterocycles. The van der Waals surface area contributed by atoms with Crippen LogP contribution in [-0.4, -0.2) is 71.9 Å². The fraction of sp³-hybridized carbons (Fsp3) is 0.414. The highest BCUT2D eigenvalue weighted by molar-refractivity contribution is 5.97. The maximum absolute atomic E-state index is 15.6. The van der Waals surface area contributed by atoms with E-state index in [1.807, 2.05) is 4.90 Å². The SMILES string of the molecule is O=C(O)c1cn(C2CC2)c2c3c(c(F)cc2c1=O)N1C[C@@H](COc2ccc(N4C[C@H](CO)OC4=O)cc2F)C[C@H]1CO3. The number of carboxylic acid groups (broad SMARTS) is 1. The van der Waals surface area contributed by atoms with Gasteiger partial charge in [0, 0.05) is 30.8 Å². The summed E-state index contributed by atoms with van der Waals surface area (Å²) in [6.07, 6.45) is 2.24. The zero-order valence-electron chi connectivity index (χ0n) is 22.3. The van der Waals surface area contributed by atoms with E-state index < -0.39 is 40.8 Å². The van der Waals surface area contributed by atoms with Crippen molar-refractivity contribution in [3.8, 4) is 11.5 Å². The average Bonchev–Trinajstić information content (AvgIpc) is 3.61. The minimum Gasteiger partial charge on any atom is -0.490 e. The van der Waals surface area contributed by atoms with Gasteiger partial charge in [-0.3, -0.25) is 9.69 Å². The third-order valence-electron chi connectivity index (χ3n) is 8.36. The Morgan fingerprint density at radius 2 is 1.90 bits per heavy atom. The van der Waals surface area contributed by atoms with Crippen LogP contribution in [0.2, 0.25) is 0 Å². The maximum atomic E-state index is 15.6. The molecule has 1 saturated carbocycles. The van der Waals surface area contributed by atoms with Crippen LogP contribution in [-0.2, 0) is 4.74 Å². The molecule has 4 aliphatic rings. The number of aromatic carboxylic acids is 1. The summed E-state index contributed by atoms with van der Waals surface area (Å²) in [6, 6.07) is 5.10. The fourth-order valence-corrected chi connectivity index (χ4v) is 6.20. The Kier molecular flexibility index (Phi) is 6.22. The zero-order valence-corrected chi connectivity index (χ0v) is 22.3. The van der Waals surface area contributed by atoms with Crippen LogP contribution in [0.4, 0.5) is 25.0 Å². The van der Waals surface area contributed by atoms with Crippen molar-refractivity contribution in [2.45, 2.75) is 37.5 Å². The number of carbonyl (C=O) groups is 2. The Hall–Kier alpha value is -4.39. The number of rotatable bonds is 7. The number of cyclic esters (lactones) is 1. The van der Waals surface area contributed by atoms with Gasteiger partial charge in [0.05, 0.1) is 42.4 Å². The number of pyridine rings is 1. The lowest BCUT2D eigenvalue weighted by Crippen LogP contribution is -2.39.